The number of pyridine rings is 3. The van der Waals surface area contributed by atoms with E-state index in [-0.39, 0.29) is 22.9 Å². The highest BCUT2D eigenvalue weighted by Gasteiger charge is 2.29. The maximum atomic E-state index is 13.5. The number of amides is 2. The predicted molar refractivity (Wildman–Crippen MR) is 514 cm³/mol. The molecule has 2 amide bonds. The molecule has 6 N–H and O–H groups in total. The van der Waals surface area contributed by atoms with E-state index in [2.05, 4.69) is 154 Å². The molecule has 17 rings (SSSR count). The van der Waals surface area contributed by atoms with Crippen molar-refractivity contribution in [2.75, 3.05) is 130 Å². The van der Waals surface area contributed by atoms with Gasteiger partial charge in [-0.1, -0.05) is 166 Å². The summed E-state index contributed by atoms with van der Waals surface area (Å²) >= 11 is 39.6. The summed E-state index contributed by atoms with van der Waals surface area (Å²) in [6, 6.07) is 44.1. The molecule has 8 aromatic carbocycles. The van der Waals surface area contributed by atoms with Crippen molar-refractivity contribution in [3.8, 4) is 62.1 Å². The van der Waals surface area contributed by atoms with Crippen molar-refractivity contribution in [1.82, 2.24) is 74.7 Å². The minimum Gasteiger partial charge on any atom is -0.495 e. The van der Waals surface area contributed by atoms with Gasteiger partial charge in [0.15, 0.2) is 0 Å². The van der Waals surface area contributed by atoms with Crippen LogP contribution in [0.5, 0.6) is 28.7 Å². The number of rotatable bonds is 23. The number of nitrogens with zero attached hydrogens (tertiary/aromatic N) is 14. The first kappa shape index (κ1) is 94.1. The number of anilines is 3. The molecule has 0 bridgehead atoms. The van der Waals surface area contributed by atoms with Crippen LogP contribution in [0.15, 0.2) is 195 Å². The first-order valence-corrected chi connectivity index (χ1v) is 44.1. The number of ether oxygens (including phenoxy) is 5. The molecule has 0 unspecified atom stereocenters. The molecule has 670 valence electrons. The number of hydrogen-bond donors (Lipinski definition) is 5. The Morgan fingerprint density at radius 2 is 0.646 bits per heavy atom. The van der Waals surface area contributed by atoms with Crippen LogP contribution in [0.1, 0.15) is 75.6 Å². The third-order valence-electron chi connectivity index (χ3n) is 22.5. The molecule has 9 heterocycles. The monoisotopic (exact) mass is 1870 g/mol. The fourth-order valence-electron chi connectivity index (χ4n) is 15.5. The summed E-state index contributed by atoms with van der Waals surface area (Å²) in [4.78, 5) is 90.0. The van der Waals surface area contributed by atoms with Crippen molar-refractivity contribution in [2.24, 2.45) is 0 Å². The van der Waals surface area contributed by atoms with Crippen LogP contribution in [0.4, 0.5) is 17.5 Å². The Morgan fingerprint density at radius 1 is 0.354 bits per heavy atom. The maximum Gasteiger partial charge on any atom is 0.337 e. The van der Waals surface area contributed by atoms with E-state index in [1.165, 1.54) is 94.2 Å². The third-order valence-corrected chi connectivity index (χ3v) is 24.9. The van der Waals surface area contributed by atoms with Crippen molar-refractivity contribution in [3.63, 3.8) is 0 Å². The zero-order valence-electron chi connectivity index (χ0n) is 72.8. The lowest BCUT2D eigenvalue weighted by atomic mass is 9.98. The normalized spacial score (nSPS) is 13.8. The van der Waals surface area contributed by atoms with E-state index < -0.39 is 5.97 Å². The lowest BCUT2D eigenvalue weighted by Crippen LogP contribution is -2.45. The summed E-state index contributed by atoms with van der Waals surface area (Å²) < 4.78 is 27.0. The van der Waals surface area contributed by atoms with Gasteiger partial charge in [0, 0.05) is 213 Å². The molecule has 3 aliphatic heterocycles. The molecule has 27 nitrogen and oxygen atoms in total. The quantitative estimate of drug-likeness (QED) is 0.0397. The van der Waals surface area contributed by atoms with Crippen LogP contribution in [-0.4, -0.2) is 206 Å². The van der Waals surface area contributed by atoms with Gasteiger partial charge in [-0.15, -0.1) is 0 Å². The Kier molecular flexibility index (Phi) is 31.9. The number of halogens is 6. The molecule has 33 heteroatoms. The molecular formula is C97H96Cl6N18O9. The Balaban J connectivity index is 0.000000146. The van der Waals surface area contributed by atoms with E-state index in [0.29, 0.717) is 148 Å². The van der Waals surface area contributed by atoms with Crippen LogP contribution < -0.4 is 45.4 Å². The zero-order valence-corrected chi connectivity index (χ0v) is 77.4. The van der Waals surface area contributed by atoms with Crippen molar-refractivity contribution in [3.05, 3.63) is 287 Å². The average Bonchev–Trinajstić information content (AvgIpc) is 0.760. The Labute approximate surface area is 783 Å². The number of hydrogen-bond acceptors (Lipinski definition) is 24. The van der Waals surface area contributed by atoms with Gasteiger partial charge in [0.1, 0.15) is 62.8 Å². The summed E-state index contributed by atoms with van der Waals surface area (Å²) in [5.74, 6) is 1.75. The SMILES string of the molecule is COc1cc(C)c(Cl)c(-c2ccc(C(=O)O)c3nccnc23)c1Cl.COc1cc(OC)c(Cl)c(-c2ccc(C(=O)Nc3ccc(CN4CCN(Cc5ccc(C)cc5)CC4)cn3)c3nccnc23)c1Cl.COc1cc(OC)c(Cl)c(-c2ccc(C(=O)Nc3ccc(CN4CCNCC4)cn3)c3nccnc23)c1Cl.Cc1ccc(CN2CCN(Cc3ccc(N)nc3)CC2)cc1. The molecule has 3 aliphatic rings. The van der Waals surface area contributed by atoms with Gasteiger partial charge in [0.2, 0.25) is 0 Å². The van der Waals surface area contributed by atoms with Gasteiger partial charge in [-0.2, -0.15) is 0 Å². The maximum absolute atomic E-state index is 13.5. The first-order valence-electron chi connectivity index (χ1n) is 41.8. The molecule has 130 heavy (non-hydrogen) atoms. The van der Waals surface area contributed by atoms with E-state index in [1.54, 1.807) is 73.2 Å². The van der Waals surface area contributed by atoms with E-state index in [1.807, 2.05) is 43.6 Å². The van der Waals surface area contributed by atoms with Crippen LogP contribution in [0, 0.1) is 20.8 Å². The number of aryl methyl sites for hydroxylation is 3. The van der Waals surface area contributed by atoms with Crippen LogP contribution in [0.25, 0.3) is 66.5 Å². The van der Waals surface area contributed by atoms with Gasteiger partial charge >= 0.3 is 5.97 Å². The van der Waals surface area contributed by atoms with E-state index >= 15 is 0 Å². The molecule has 3 saturated heterocycles. The highest BCUT2D eigenvalue weighted by molar-refractivity contribution is 6.43. The van der Waals surface area contributed by atoms with Gasteiger partial charge in [0.05, 0.1) is 98.9 Å². The largest absolute Gasteiger partial charge is 0.495 e. The van der Waals surface area contributed by atoms with E-state index in [0.717, 1.165) is 128 Å². The topological polar surface area (TPSA) is 312 Å². The molecule has 0 spiro atoms. The predicted octanol–water partition coefficient (Wildman–Crippen LogP) is 18.5. The Hall–Kier alpha value is -12.1. The minimum atomic E-state index is -1.08. The van der Waals surface area contributed by atoms with Crippen LogP contribution in [0.2, 0.25) is 30.1 Å². The van der Waals surface area contributed by atoms with Gasteiger partial charge < -0.3 is 50.5 Å². The Morgan fingerprint density at radius 3 is 0.969 bits per heavy atom. The molecule has 6 aromatic heterocycles. The summed E-state index contributed by atoms with van der Waals surface area (Å²) in [6.45, 7) is 23.2. The minimum absolute atomic E-state index is 0.0636. The number of nitrogens with one attached hydrogen (secondary N) is 3. The molecular weight excluding hydrogens is 1770 g/mol. The first-order chi connectivity index (χ1) is 63.0. The zero-order chi connectivity index (χ0) is 91.6. The number of carbonyl (C=O) groups excluding carboxylic acids is 2. The number of nitrogens with two attached hydrogens (primary N) is 1. The fraction of sp³-hybridized carbons (Fsp3) is 0.258. The second-order valence-corrected chi connectivity index (χ2v) is 33.5. The number of piperazine rings is 3. The molecule has 0 radical (unpaired) electrons. The lowest BCUT2D eigenvalue weighted by Gasteiger charge is -2.34. The van der Waals surface area contributed by atoms with Crippen molar-refractivity contribution < 1.29 is 43.2 Å². The van der Waals surface area contributed by atoms with Gasteiger partial charge in [0.25, 0.3) is 11.8 Å². The van der Waals surface area contributed by atoms with Crippen molar-refractivity contribution >= 4 is 138 Å². The highest BCUT2D eigenvalue weighted by Crippen LogP contribution is 2.50. The number of carboxylic acids is 1. The van der Waals surface area contributed by atoms with E-state index in [9.17, 15) is 19.5 Å². The van der Waals surface area contributed by atoms with Crippen molar-refractivity contribution in [1.29, 1.82) is 0 Å². The summed E-state index contributed by atoms with van der Waals surface area (Å²) in [5.41, 5.74) is 21.6. The van der Waals surface area contributed by atoms with Crippen LogP contribution in [0.3, 0.4) is 0 Å². The highest BCUT2D eigenvalue weighted by atomic mass is 35.5. The molecule has 14 aromatic rings. The summed E-state index contributed by atoms with van der Waals surface area (Å²) in [7, 11) is 7.56. The summed E-state index contributed by atoms with van der Waals surface area (Å²) in [6.07, 6.45) is 14.6. The number of fused-ring (bicyclic) bond motifs is 3. The number of benzene rings is 8. The second kappa shape index (κ2) is 44.0. The number of carboxylic acid groups (broad SMARTS) is 1. The molecule has 0 atom stereocenters. The van der Waals surface area contributed by atoms with Crippen molar-refractivity contribution in [2.45, 2.75) is 53.5 Å². The smallest absolute Gasteiger partial charge is 0.337 e. The second-order valence-electron chi connectivity index (χ2n) is 31.2. The number of carbonyl (C=O) groups is 3. The number of methoxy groups -OCH3 is 5. The summed E-state index contributed by atoms with van der Waals surface area (Å²) in [5, 5.41) is 20.4. The van der Waals surface area contributed by atoms with Gasteiger partial charge in [-0.3, -0.25) is 64.0 Å². The van der Waals surface area contributed by atoms with E-state index in [4.69, 9.17) is 99.0 Å². The number of aromatic nitrogens is 9. The van der Waals surface area contributed by atoms with Crippen LogP contribution in [-0.2, 0) is 32.7 Å². The Bertz CT molecular complexity index is 6260. The lowest BCUT2D eigenvalue weighted by molar-refractivity contribution is 0.0698. The van der Waals surface area contributed by atoms with Gasteiger partial charge in [-0.25, -0.2) is 19.7 Å². The number of nitrogen functional groups attached to an aromatic ring is 1. The standard InChI is InChI=1S/C35H34Cl2N6O3.C27H26Cl2N6O3.C18H24N4.C17H12Cl2N2O3/c1-22-4-6-23(7-5-22)20-42-14-16-43(17-15-42)21-24-8-11-29(40-19-24)41-35(44)26-10-9-25(33-34(26)39-13-12-38-33)30-31(36)27(45-2)18-28(46-3)32(30)37;1-37-19-13-20(38-2)24(29)22(23(19)28)17-4-5-18(26-25(17)31-7-8-32-26)27(36)34-21-6-3-16(14-33-21)15-35-11-9-30-10-12-35;1-15-2-4-16(5-3-15)13-21-8-10-22(11-9-21)14-17-6-7-18(19)20-12-17;1-8-7-11(24-2)14(19)12(13(8)18)9-3-4-10(17(22)23)16-15(9)20-5-6-21-16/h4-13,18-19H,14-17,20-21H2,1-3H3,(H,40,41,44);3-8,13-14,30H,9-12,15H2,1-2H3,(H,33,34,36);2-7,12H,8-11,13-14H2,1H3,(H2,19,20);3-7H,1-2H3,(H,22,23). The molecule has 0 saturated carbocycles. The average molecular weight is 1870 g/mol. The fourth-order valence-corrected chi connectivity index (χ4v) is 17.6. The molecule has 3 fully saturated rings. The van der Waals surface area contributed by atoms with Crippen LogP contribution >= 0.6 is 69.6 Å². The third kappa shape index (κ3) is 22.7. The molecule has 0 aliphatic carbocycles. The number of aromatic carboxylic acids is 1. The van der Waals surface area contributed by atoms with Gasteiger partial charge in [-0.05, 0) is 96.6 Å².